The number of hydrogen-bond acceptors (Lipinski definition) is 3. The summed E-state index contributed by atoms with van der Waals surface area (Å²) in [5.41, 5.74) is 2.94. The first kappa shape index (κ1) is 13.8. The number of aromatic nitrogens is 1. The molecule has 2 aromatic carbocycles. The van der Waals surface area contributed by atoms with Gasteiger partial charge in [-0.3, -0.25) is 0 Å². The van der Waals surface area contributed by atoms with E-state index in [1.165, 1.54) is 4.88 Å². The highest BCUT2D eigenvalue weighted by molar-refractivity contribution is 7.15. The second kappa shape index (κ2) is 5.70. The van der Waals surface area contributed by atoms with Crippen LogP contribution in [0, 0.1) is 0 Å². The van der Waals surface area contributed by atoms with Crippen LogP contribution in [-0.2, 0) is 0 Å². The van der Waals surface area contributed by atoms with Crippen LogP contribution in [0.1, 0.15) is 24.6 Å². The monoisotopic (exact) mass is 295 g/mol. The highest BCUT2D eigenvalue weighted by atomic mass is 32.1. The molecule has 0 fully saturated rings. The van der Waals surface area contributed by atoms with Crippen molar-refractivity contribution in [2.45, 2.75) is 19.8 Å². The lowest BCUT2D eigenvalue weighted by atomic mass is 10.1. The first-order valence-electron chi connectivity index (χ1n) is 7.01. The van der Waals surface area contributed by atoms with Crippen LogP contribution in [0.15, 0.2) is 54.6 Å². The molecule has 0 aliphatic heterocycles. The van der Waals surface area contributed by atoms with Gasteiger partial charge < -0.3 is 5.11 Å². The van der Waals surface area contributed by atoms with Crippen LogP contribution in [-0.4, -0.2) is 10.1 Å². The maximum absolute atomic E-state index is 10.0. The van der Waals surface area contributed by atoms with Gasteiger partial charge in [-0.1, -0.05) is 56.3 Å². The minimum Gasteiger partial charge on any atom is -0.507 e. The normalized spacial score (nSPS) is 11.0. The molecule has 0 aliphatic rings. The fourth-order valence-corrected chi connectivity index (χ4v) is 3.42. The summed E-state index contributed by atoms with van der Waals surface area (Å²) in [5, 5.41) is 10.9. The van der Waals surface area contributed by atoms with Gasteiger partial charge in [0.25, 0.3) is 0 Å². The molecule has 0 saturated heterocycles. The van der Waals surface area contributed by atoms with Crippen LogP contribution in [0.5, 0.6) is 5.75 Å². The third-order valence-electron chi connectivity index (χ3n) is 3.36. The fourth-order valence-electron chi connectivity index (χ4n) is 2.30. The molecular formula is C18H17NOS. The zero-order chi connectivity index (χ0) is 14.8. The summed E-state index contributed by atoms with van der Waals surface area (Å²) in [7, 11) is 0. The Morgan fingerprint density at radius 3 is 2.29 bits per heavy atom. The number of thiazole rings is 1. The fraction of sp³-hybridized carbons (Fsp3) is 0.167. The van der Waals surface area contributed by atoms with Crippen molar-refractivity contribution in [2.24, 2.45) is 0 Å². The predicted molar refractivity (Wildman–Crippen MR) is 88.7 cm³/mol. The Hall–Kier alpha value is -2.13. The minimum atomic E-state index is 0.279. The van der Waals surface area contributed by atoms with Gasteiger partial charge in [-0.25, -0.2) is 4.98 Å². The molecule has 106 valence electrons. The molecule has 21 heavy (non-hydrogen) atoms. The van der Waals surface area contributed by atoms with Crippen molar-refractivity contribution in [3.8, 4) is 27.6 Å². The number of hydrogen-bond donors (Lipinski definition) is 1. The van der Waals surface area contributed by atoms with Gasteiger partial charge in [-0.15, -0.1) is 11.3 Å². The predicted octanol–water partition coefficient (Wildman–Crippen LogP) is 5.31. The summed E-state index contributed by atoms with van der Waals surface area (Å²) in [4.78, 5) is 6.04. The maximum Gasteiger partial charge on any atom is 0.128 e. The highest BCUT2D eigenvalue weighted by Gasteiger charge is 2.17. The molecule has 0 unspecified atom stereocenters. The summed E-state index contributed by atoms with van der Waals surface area (Å²) in [6, 6.07) is 17.6. The second-order valence-corrected chi connectivity index (χ2v) is 6.30. The standard InChI is InChI=1S/C18H17NOS/c1-12(2)17-16(13-8-4-3-5-9-13)19-18(21-17)14-10-6-7-11-15(14)20/h3-12,20H,1-2H3. The third-order valence-corrected chi connectivity index (χ3v) is 4.75. The SMILES string of the molecule is CC(C)c1sc(-c2ccccc2O)nc1-c1ccccc1. The summed E-state index contributed by atoms with van der Waals surface area (Å²) in [5.74, 6) is 0.679. The van der Waals surface area contributed by atoms with Crippen molar-refractivity contribution in [3.05, 3.63) is 59.5 Å². The third kappa shape index (κ3) is 2.69. The van der Waals surface area contributed by atoms with E-state index in [0.717, 1.165) is 21.8 Å². The van der Waals surface area contributed by atoms with Crippen LogP contribution in [0.3, 0.4) is 0 Å². The van der Waals surface area contributed by atoms with E-state index in [9.17, 15) is 5.11 Å². The Balaban J connectivity index is 2.16. The van der Waals surface area contributed by atoms with Gasteiger partial charge in [0.2, 0.25) is 0 Å². The number of phenols is 1. The molecular weight excluding hydrogens is 278 g/mol. The Morgan fingerprint density at radius 2 is 1.62 bits per heavy atom. The number of aromatic hydroxyl groups is 1. The Morgan fingerprint density at radius 1 is 0.952 bits per heavy atom. The van der Waals surface area contributed by atoms with E-state index >= 15 is 0 Å². The van der Waals surface area contributed by atoms with E-state index in [1.54, 1.807) is 17.4 Å². The lowest BCUT2D eigenvalue weighted by Gasteiger charge is -2.04. The van der Waals surface area contributed by atoms with Crippen LogP contribution < -0.4 is 0 Å². The molecule has 1 aromatic heterocycles. The van der Waals surface area contributed by atoms with E-state index in [4.69, 9.17) is 4.98 Å². The van der Waals surface area contributed by atoms with Gasteiger partial charge in [0.15, 0.2) is 0 Å². The molecule has 3 rings (SSSR count). The average Bonchev–Trinajstić information content (AvgIpc) is 2.94. The van der Waals surface area contributed by atoms with E-state index in [-0.39, 0.29) is 5.75 Å². The molecule has 2 nitrogen and oxygen atoms in total. The molecule has 1 N–H and O–H groups in total. The molecule has 0 radical (unpaired) electrons. The van der Waals surface area contributed by atoms with Gasteiger partial charge >= 0.3 is 0 Å². The van der Waals surface area contributed by atoms with Gasteiger partial charge in [0.1, 0.15) is 10.8 Å². The summed E-state index contributed by atoms with van der Waals surface area (Å²) >= 11 is 1.66. The van der Waals surface area contributed by atoms with Crippen LogP contribution in [0.4, 0.5) is 0 Å². The Labute approximate surface area is 128 Å². The maximum atomic E-state index is 10.0. The molecule has 3 heteroatoms. The number of nitrogens with zero attached hydrogens (tertiary/aromatic N) is 1. The lowest BCUT2D eigenvalue weighted by molar-refractivity contribution is 0.477. The first-order chi connectivity index (χ1) is 10.2. The van der Waals surface area contributed by atoms with Gasteiger partial charge in [-0.2, -0.15) is 0 Å². The summed E-state index contributed by atoms with van der Waals surface area (Å²) < 4.78 is 0. The second-order valence-electron chi connectivity index (χ2n) is 5.27. The number of phenolic OH excluding ortho intramolecular Hbond substituents is 1. The molecule has 0 amide bonds. The molecule has 0 spiro atoms. The van der Waals surface area contributed by atoms with E-state index in [0.29, 0.717) is 5.92 Å². The lowest BCUT2D eigenvalue weighted by Crippen LogP contribution is -1.87. The smallest absolute Gasteiger partial charge is 0.128 e. The number of para-hydroxylation sites is 1. The van der Waals surface area contributed by atoms with Crippen molar-refractivity contribution in [1.29, 1.82) is 0 Å². The number of rotatable bonds is 3. The number of benzene rings is 2. The summed E-state index contributed by atoms with van der Waals surface area (Å²) in [6.45, 7) is 4.35. The van der Waals surface area contributed by atoms with Gasteiger partial charge in [-0.05, 0) is 18.1 Å². The van der Waals surface area contributed by atoms with Crippen LogP contribution >= 0.6 is 11.3 Å². The van der Waals surface area contributed by atoms with Crippen molar-refractivity contribution < 1.29 is 5.11 Å². The molecule has 0 bridgehead atoms. The molecule has 0 saturated carbocycles. The highest BCUT2D eigenvalue weighted by Crippen LogP contribution is 2.40. The average molecular weight is 295 g/mol. The van der Waals surface area contributed by atoms with E-state index in [2.05, 4.69) is 26.0 Å². The van der Waals surface area contributed by atoms with E-state index in [1.807, 2.05) is 36.4 Å². The Bertz CT molecular complexity index is 747. The molecule has 3 aromatic rings. The van der Waals surface area contributed by atoms with Crippen LogP contribution in [0.2, 0.25) is 0 Å². The van der Waals surface area contributed by atoms with Gasteiger partial charge in [0.05, 0.1) is 11.3 Å². The largest absolute Gasteiger partial charge is 0.507 e. The Kier molecular flexibility index (Phi) is 3.76. The zero-order valence-corrected chi connectivity index (χ0v) is 12.9. The van der Waals surface area contributed by atoms with Gasteiger partial charge in [0, 0.05) is 10.4 Å². The van der Waals surface area contributed by atoms with Crippen LogP contribution in [0.25, 0.3) is 21.8 Å². The molecule has 0 atom stereocenters. The first-order valence-corrected chi connectivity index (χ1v) is 7.83. The van der Waals surface area contributed by atoms with Crippen molar-refractivity contribution in [1.82, 2.24) is 4.98 Å². The summed E-state index contributed by atoms with van der Waals surface area (Å²) in [6.07, 6.45) is 0. The van der Waals surface area contributed by atoms with Crippen molar-refractivity contribution in [3.63, 3.8) is 0 Å². The molecule has 0 aliphatic carbocycles. The van der Waals surface area contributed by atoms with Crippen molar-refractivity contribution in [2.75, 3.05) is 0 Å². The zero-order valence-electron chi connectivity index (χ0n) is 12.1. The minimum absolute atomic E-state index is 0.279. The molecule has 1 heterocycles. The topological polar surface area (TPSA) is 33.1 Å². The quantitative estimate of drug-likeness (QED) is 0.710. The van der Waals surface area contributed by atoms with E-state index < -0.39 is 0 Å². The van der Waals surface area contributed by atoms with Crippen molar-refractivity contribution >= 4 is 11.3 Å².